The van der Waals surface area contributed by atoms with Crippen molar-refractivity contribution in [2.24, 2.45) is 0 Å². The van der Waals surface area contributed by atoms with Gasteiger partial charge in [-0.3, -0.25) is 0 Å². The maximum atomic E-state index is 11.8. The second-order valence-corrected chi connectivity index (χ2v) is 6.21. The van der Waals surface area contributed by atoms with Gasteiger partial charge < -0.3 is 24.6 Å². The molecule has 1 aliphatic rings. The Labute approximate surface area is 130 Å². The summed E-state index contributed by atoms with van der Waals surface area (Å²) in [7, 11) is 0. The Bertz CT molecular complexity index is 524. The number of ether oxygens (including phenoxy) is 3. The van der Waals surface area contributed by atoms with Gasteiger partial charge in [0.1, 0.15) is 18.8 Å². The van der Waals surface area contributed by atoms with Crippen molar-refractivity contribution in [3.8, 4) is 11.5 Å². The summed E-state index contributed by atoms with van der Waals surface area (Å²) >= 11 is 0. The fraction of sp³-hybridized carbons (Fsp3) is 0.562. The van der Waals surface area contributed by atoms with Crippen LogP contribution in [0.25, 0.3) is 0 Å². The van der Waals surface area contributed by atoms with Gasteiger partial charge >= 0.3 is 6.09 Å². The number of rotatable bonds is 4. The van der Waals surface area contributed by atoms with Crippen molar-refractivity contribution in [3.63, 3.8) is 0 Å². The Morgan fingerprint density at radius 3 is 2.64 bits per heavy atom. The summed E-state index contributed by atoms with van der Waals surface area (Å²) in [6, 6.07) is 5.18. The summed E-state index contributed by atoms with van der Waals surface area (Å²) in [6.07, 6.45) is -0.0593. The third-order valence-corrected chi connectivity index (χ3v) is 3.03. The van der Waals surface area contributed by atoms with Gasteiger partial charge in [0.25, 0.3) is 0 Å². The van der Waals surface area contributed by atoms with E-state index < -0.39 is 17.7 Å². The molecule has 6 heteroatoms. The van der Waals surface area contributed by atoms with Crippen LogP contribution in [0.1, 0.15) is 26.3 Å². The van der Waals surface area contributed by atoms with E-state index in [4.69, 9.17) is 14.2 Å². The minimum Gasteiger partial charge on any atom is -0.486 e. The van der Waals surface area contributed by atoms with E-state index in [1.54, 1.807) is 20.8 Å². The van der Waals surface area contributed by atoms with Crippen molar-refractivity contribution in [2.75, 3.05) is 19.8 Å². The molecule has 0 aromatic heterocycles. The molecule has 2 N–H and O–H groups in total. The lowest BCUT2D eigenvalue weighted by atomic mass is 10.1. The van der Waals surface area contributed by atoms with Crippen LogP contribution < -0.4 is 14.8 Å². The Morgan fingerprint density at radius 2 is 2.00 bits per heavy atom. The molecular formula is C16H23NO5. The van der Waals surface area contributed by atoms with Crippen LogP contribution in [0.3, 0.4) is 0 Å². The van der Waals surface area contributed by atoms with Gasteiger partial charge in [0.2, 0.25) is 0 Å². The first-order valence-corrected chi connectivity index (χ1v) is 7.36. The number of hydrogen-bond donors (Lipinski definition) is 2. The Morgan fingerprint density at radius 1 is 1.32 bits per heavy atom. The second kappa shape index (κ2) is 6.87. The molecule has 1 aliphatic heterocycles. The number of fused-ring (bicyclic) bond motifs is 1. The third kappa shape index (κ3) is 4.80. The molecule has 0 aliphatic carbocycles. The summed E-state index contributed by atoms with van der Waals surface area (Å²) in [5, 5.41) is 12.1. The number of hydrogen-bond acceptors (Lipinski definition) is 5. The van der Waals surface area contributed by atoms with Gasteiger partial charge in [-0.05, 0) is 44.9 Å². The zero-order valence-electron chi connectivity index (χ0n) is 13.2. The Balaban J connectivity index is 1.96. The maximum Gasteiger partial charge on any atom is 0.407 e. The molecule has 1 atom stereocenters. The summed E-state index contributed by atoms with van der Waals surface area (Å²) in [5.74, 6) is 1.41. The molecule has 0 saturated heterocycles. The second-order valence-electron chi connectivity index (χ2n) is 6.21. The van der Waals surface area contributed by atoms with Crippen LogP contribution in [0.2, 0.25) is 0 Å². The summed E-state index contributed by atoms with van der Waals surface area (Å²) in [4.78, 5) is 11.8. The first-order chi connectivity index (χ1) is 10.4. The number of amides is 1. The topological polar surface area (TPSA) is 77.0 Å². The highest BCUT2D eigenvalue weighted by molar-refractivity contribution is 5.68. The third-order valence-electron chi connectivity index (χ3n) is 3.03. The number of carbonyl (C=O) groups is 1. The molecule has 0 unspecified atom stereocenters. The molecule has 2 rings (SSSR count). The molecule has 1 aromatic rings. The Kier molecular flexibility index (Phi) is 5.13. The van der Waals surface area contributed by atoms with E-state index in [1.807, 2.05) is 18.2 Å². The van der Waals surface area contributed by atoms with E-state index in [9.17, 15) is 9.90 Å². The van der Waals surface area contributed by atoms with Crippen molar-refractivity contribution < 1.29 is 24.1 Å². The minimum absolute atomic E-state index is 0.173. The number of alkyl carbamates (subject to hydrolysis) is 1. The molecule has 1 heterocycles. The van der Waals surface area contributed by atoms with Gasteiger partial charge in [-0.25, -0.2) is 4.79 Å². The average molecular weight is 309 g/mol. The van der Waals surface area contributed by atoms with Crippen molar-refractivity contribution in [2.45, 2.75) is 38.8 Å². The van der Waals surface area contributed by atoms with Crippen LogP contribution in [0.4, 0.5) is 4.79 Å². The summed E-state index contributed by atoms with van der Waals surface area (Å²) < 4.78 is 16.2. The number of nitrogens with one attached hydrogen (secondary N) is 1. The monoisotopic (exact) mass is 309 g/mol. The van der Waals surface area contributed by atoms with Crippen LogP contribution in [-0.4, -0.2) is 42.7 Å². The largest absolute Gasteiger partial charge is 0.486 e. The van der Waals surface area contributed by atoms with Crippen LogP contribution in [0.15, 0.2) is 18.2 Å². The predicted octanol–water partition coefficient (Wildman–Crippen LogP) is 1.89. The van der Waals surface area contributed by atoms with Gasteiger partial charge in [0.05, 0.1) is 12.6 Å². The standard InChI is InChI=1S/C16H23NO5/c1-16(2,3)22-15(19)17-12(10-18)8-11-4-5-13-14(9-11)21-7-6-20-13/h4-5,9,12,18H,6-8,10H2,1-3H3,(H,17,19)/t12-/m0/s1. The van der Waals surface area contributed by atoms with Crippen molar-refractivity contribution >= 4 is 6.09 Å². The van der Waals surface area contributed by atoms with E-state index in [0.29, 0.717) is 25.4 Å². The zero-order chi connectivity index (χ0) is 16.2. The van der Waals surface area contributed by atoms with E-state index in [2.05, 4.69) is 5.32 Å². The lowest BCUT2D eigenvalue weighted by Crippen LogP contribution is -2.42. The first kappa shape index (κ1) is 16.4. The highest BCUT2D eigenvalue weighted by Crippen LogP contribution is 2.31. The molecule has 0 saturated carbocycles. The van der Waals surface area contributed by atoms with Crippen LogP contribution in [0.5, 0.6) is 11.5 Å². The van der Waals surface area contributed by atoms with Crippen molar-refractivity contribution in [1.82, 2.24) is 5.32 Å². The van der Waals surface area contributed by atoms with Crippen molar-refractivity contribution in [1.29, 1.82) is 0 Å². The van der Waals surface area contributed by atoms with Gasteiger partial charge in [0.15, 0.2) is 11.5 Å². The van der Waals surface area contributed by atoms with Crippen LogP contribution in [-0.2, 0) is 11.2 Å². The van der Waals surface area contributed by atoms with Crippen LogP contribution in [0, 0.1) is 0 Å². The van der Waals surface area contributed by atoms with Crippen LogP contribution >= 0.6 is 0 Å². The van der Waals surface area contributed by atoms with E-state index in [1.165, 1.54) is 0 Å². The number of aliphatic hydroxyl groups excluding tert-OH is 1. The fourth-order valence-electron chi connectivity index (χ4n) is 2.13. The lowest BCUT2D eigenvalue weighted by Gasteiger charge is -2.23. The SMILES string of the molecule is CC(C)(C)OC(=O)N[C@H](CO)Cc1ccc2c(c1)OCCO2. The highest BCUT2D eigenvalue weighted by Gasteiger charge is 2.20. The van der Waals surface area contributed by atoms with E-state index in [-0.39, 0.29) is 6.61 Å². The van der Waals surface area contributed by atoms with Gasteiger partial charge in [0, 0.05) is 0 Å². The molecule has 6 nitrogen and oxygen atoms in total. The predicted molar refractivity (Wildman–Crippen MR) is 81.4 cm³/mol. The van der Waals surface area contributed by atoms with E-state index in [0.717, 1.165) is 11.3 Å². The lowest BCUT2D eigenvalue weighted by molar-refractivity contribution is 0.0483. The Hall–Kier alpha value is -1.95. The normalized spacial score (nSPS) is 15.1. The average Bonchev–Trinajstić information content (AvgIpc) is 2.44. The highest BCUT2D eigenvalue weighted by atomic mass is 16.6. The quantitative estimate of drug-likeness (QED) is 0.888. The fourth-order valence-corrected chi connectivity index (χ4v) is 2.13. The molecule has 0 spiro atoms. The summed E-state index contributed by atoms with van der Waals surface area (Å²) in [6.45, 7) is 6.28. The van der Waals surface area contributed by atoms with Gasteiger partial charge in [-0.15, -0.1) is 0 Å². The molecule has 1 aromatic carbocycles. The molecule has 0 radical (unpaired) electrons. The molecule has 22 heavy (non-hydrogen) atoms. The van der Waals surface area contributed by atoms with E-state index >= 15 is 0 Å². The molecule has 122 valence electrons. The van der Waals surface area contributed by atoms with Gasteiger partial charge in [-0.1, -0.05) is 6.07 Å². The minimum atomic E-state index is -0.568. The number of aliphatic hydroxyl groups is 1. The number of carbonyl (C=O) groups excluding carboxylic acids is 1. The molecular weight excluding hydrogens is 286 g/mol. The zero-order valence-corrected chi connectivity index (χ0v) is 13.2. The van der Waals surface area contributed by atoms with Crippen molar-refractivity contribution in [3.05, 3.63) is 23.8 Å². The first-order valence-electron chi connectivity index (χ1n) is 7.36. The molecule has 0 bridgehead atoms. The smallest absolute Gasteiger partial charge is 0.407 e. The molecule has 1 amide bonds. The number of benzene rings is 1. The van der Waals surface area contributed by atoms with Gasteiger partial charge in [-0.2, -0.15) is 0 Å². The maximum absolute atomic E-state index is 11.8. The molecule has 0 fully saturated rings. The summed E-state index contributed by atoms with van der Waals surface area (Å²) in [5.41, 5.74) is 0.375.